The second-order valence-corrected chi connectivity index (χ2v) is 5.07. The van der Waals surface area contributed by atoms with E-state index in [-0.39, 0.29) is 24.8 Å². The van der Waals surface area contributed by atoms with Crippen molar-refractivity contribution in [1.82, 2.24) is 20.1 Å². The molecule has 0 aliphatic rings. The maximum atomic E-state index is 11.7. The summed E-state index contributed by atoms with van der Waals surface area (Å²) in [6.07, 6.45) is 3.18. The van der Waals surface area contributed by atoms with Crippen molar-refractivity contribution >= 4 is 33.4 Å². The van der Waals surface area contributed by atoms with Crippen LogP contribution in [0.3, 0.4) is 0 Å². The number of anilines is 1. The number of nitrogens with one attached hydrogen (secondary N) is 2. The van der Waals surface area contributed by atoms with Crippen molar-refractivity contribution in [3.05, 3.63) is 41.4 Å². The summed E-state index contributed by atoms with van der Waals surface area (Å²) in [5.41, 5.74) is 0.666. The Morgan fingerprint density at radius 1 is 1.24 bits per heavy atom. The van der Waals surface area contributed by atoms with Crippen LogP contribution in [0.15, 0.2) is 41.4 Å². The molecular weight excluding hydrogens is 338 g/mol. The number of aromatic nitrogens is 3. The molecule has 2 rings (SSSR count). The fraction of sp³-hybridized carbons (Fsp3) is 0.231. The van der Waals surface area contributed by atoms with E-state index in [1.54, 1.807) is 10.7 Å². The predicted molar refractivity (Wildman–Crippen MR) is 80.4 cm³/mol. The van der Waals surface area contributed by atoms with E-state index in [2.05, 4.69) is 36.6 Å². The molecule has 0 aliphatic heterocycles. The number of aryl methyl sites for hydroxylation is 1. The van der Waals surface area contributed by atoms with E-state index in [4.69, 9.17) is 0 Å². The van der Waals surface area contributed by atoms with E-state index in [0.29, 0.717) is 12.2 Å². The largest absolute Gasteiger partial charge is 0.347 e. The molecule has 1 aromatic heterocycles. The van der Waals surface area contributed by atoms with Gasteiger partial charge in [0.2, 0.25) is 11.8 Å². The lowest BCUT2D eigenvalue weighted by atomic mass is 10.3. The summed E-state index contributed by atoms with van der Waals surface area (Å²) in [4.78, 5) is 27.1. The van der Waals surface area contributed by atoms with E-state index >= 15 is 0 Å². The van der Waals surface area contributed by atoms with Crippen LogP contribution in [0.2, 0.25) is 0 Å². The highest BCUT2D eigenvalue weighted by Crippen LogP contribution is 2.20. The predicted octanol–water partition coefficient (Wildman–Crippen LogP) is 1.19. The molecule has 0 atom stereocenters. The Morgan fingerprint density at radius 3 is 2.76 bits per heavy atom. The van der Waals surface area contributed by atoms with Gasteiger partial charge in [0.25, 0.3) is 0 Å². The maximum Gasteiger partial charge on any atom is 0.243 e. The number of rotatable bonds is 6. The molecule has 0 saturated heterocycles. The van der Waals surface area contributed by atoms with Gasteiger partial charge in [-0.2, -0.15) is 5.10 Å². The van der Waals surface area contributed by atoms with Gasteiger partial charge >= 0.3 is 0 Å². The van der Waals surface area contributed by atoms with E-state index in [1.807, 2.05) is 18.2 Å². The fourth-order valence-corrected chi connectivity index (χ4v) is 1.97. The minimum Gasteiger partial charge on any atom is -0.347 e. The van der Waals surface area contributed by atoms with Crippen LogP contribution in [0.5, 0.6) is 0 Å². The number of amides is 2. The van der Waals surface area contributed by atoms with Gasteiger partial charge in [0.05, 0.1) is 18.8 Å². The van der Waals surface area contributed by atoms with Gasteiger partial charge in [-0.05, 0) is 28.1 Å². The first kappa shape index (κ1) is 15.2. The van der Waals surface area contributed by atoms with Crippen LogP contribution in [0.1, 0.15) is 6.42 Å². The first-order chi connectivity index (χ1) is 10.1. The zero-order chi connectivity index (χ0) is 15.1. The lowest BCUT2D eigenvalue weighted by Crippen LogP contribution is -2.33. The van der Waals surface area contributed by atoms with Gasteiger partial charge in [0, 0.05) is 10.9 Å². The molecule has 0 unspecified atom stereocenters. The van der Waals surface area contributed by atoms with Crippen LogP contribution in [0.25, 0.3) is 0 Å². The Hall–Kier alpha value is -2.22. The van der Waals surface area contributed by atoms with Crippen molar-refractivity contribution in [2.24, 2.45) is 0 Å². The second-order valence-electron chi connectivity index (χ2n) is 4.21. The molecule has 21 heavy (non-hydrogen) atoms. The van der Waals surface area contributed by atoms with Gasteiger partial charge in [-0.15, -0.1) is 0 Å². The summed E-state index contributed by atoms with van der Waals surface area (Å²) < 4.78 is 2.34. The van der Waals surface area contributed by atoms with Gasteiger partial charge in [0.15, 0.2) is 0 Å². The highest BCUT2D eigenvalue weighted by Gasteiger charge is 2.07. The highest BCUT2D eigenvalue weighted by atomic mass is 79.9. The summed E-state index contributed by atoms with van der Waals surface area (Å²) in [5.74, 6) is -0.496. The Kier molecular flexibility index (Phi) is 5.44. The van der Waals surface area contributed by atoms with Crippen molar-refractivity contribution in [2.75, 3.05) is 11.9 Å². The van der Waals surface area contributed by atoms with E-state index in [9.17, 15) is 9.59 Å². The second kappa shape index (κ2) is 7.53. The number of para-hydroxylation sites is 1. The number of hydrogen-bond donors (Lipinski definition) is 2. The summed E-state index contributed by atoms with van der Waals surface area (Å²) in [5, 5.41) is 9.15. The van der Waals surface area contributed by atoms with E-state index in [0.717, 1.165) is 4.47 Å². The zero-order valence-corrected chi connectivity index (χ0v) is 12.7. The Balaban J connectivity index is 1.71. The van der Waals surface area contributed by atoms with Crippen LogP contribution in [-0.2, 0) is 16.1 Å². The van der Waals surface area contributed by atoms with Crippen molar-refractivity contribution in [2.45, 2.75) is 13.0 Å². The van der Waals surface area contributed by atoms with E-state index < -0.39 is 0 Å². The van der Waals surface area contributed by atoms with Crippen LogP contribution >= 0.6 is 15.9 Å². The first-order valence-electron chi connectivity index (χ1n) is 6.28. The standard InChI is InChI=1S/C13H14BrN5O2/c14-10-3-1-2-4-11(10)18-13(21)7-16-12(20)5-6-19-9-15-8-17-19/h1-4,8-9H,5-7H2,(H,16,20)(H,18,21). The van der Waals surface area contributed by atoms with Gasteiger partial charge < -0.3 is 10.6 Å². The van der Waals surface area contributed by atoms with Crippen molar-refractivity contribution < 1.29 is 9.59 Å². The van der Waals surface area contributed by atoms with Crippen molar-refractivity contribution in [3.8, 4) is 0 Å². The summed E-state index contributed by atoms with van der Waals surface area (Å²) >= 11 is 3.33. The molecule has 0 bridgehead atoms. The molecule has 1 aromatic carbocycles. The van der Waals surface area contributed by atoms with Gasteiger partial charge in [-0.1, -0.05) is 12.1 Å². The molecule has 0 aliphatic carbocycles. The van der Waals surface area contributed by atoms with Crippen molar-refractivity contribution in [3.63, 3.8) is 0 Å². The average molecular weight is 352 g/mol. The number of halogens is 1. The van der Waals surface area contributed by atoms with Gasteiger partial charge in [-0.3, -0.25) is 14.3 Å². The van der Waals surface area contributed by atoms with Crippen LogP contribution in [-0.4, -0.2) is 33.1 Å². The molecular formula is C13H14BrN5O2. The lowest BCUT2D eigenvalue weighted by molar-refractivity contribution is -0.124. The molecule has 8 heteroatoms. The number of benzene rings is 1. The van der Waals surface area contributed by atoms with Gasteiger partial charge in [-0.25, -0.2) is 4.98 Å². The Morgan fingerprint density at radius 2 is 2.05 bits per heavy atom. The van der Waals surface area contributed by atoms with Crippen LogP contribution in [0, 0.1) is 0 Å². The topological polar surface area (TPSA) is 88.9 Å². The quantitative estimate of drug-likeness (QED) is 0.817. The molecule has 2 amide bonds. The summed E-state index contributed by atoms with van der Waals surface area (Å²) in [6, 6.07) is 7.27. The van der Waals surface area contributed by atoms with Crippen molar-refractivity contribution in [1.29, 1.82) is 0 Å². The molecule has 110 valence electrons. The first-order valence-corrected chi connectivity index (χ1v) is 7.08. The monoisotopic (exact) mass is 351 g/mol. The van der Waals surface area contributed by atoms with E-state index in [1.165, 1.54) is 12.7 Å². The maximum absolute atomic E-state index is 11.7. The molecule has 0 spiro atoms. The third kappa shape index (κ3) is 4.99. The average Bonchev–Trinajstić information content (AvgIpc) is 2.99. The molecule has 2 N–H and O–H groups in total. The third-order valence-electron chi connectivity index (χ3n) is 2.63. The van der Waals surface area contributed by atoms with Crippen LogP contribution in [0.4, 0.5) is 5.69 Å². The molecule has 1 heterocycles. The van der Waals surface area contributed by atoms with Crippen LogP contribution < -0.4 is 10.6 Å². The normalized spacial score (nSPS) is 10.1. The number of carbonyl (C=O) groups excluding carboxylic acids is 2. The summed E-state index contributed by atoms with van der Waals surface area (Å²) in [6.45, 7) is 0.356. The number of nitrogens with zero attached hydrogens (tertiary/aromatic N) is 3. The Labute approximate surface area is 129 Å². The number of carbonyl (C=O) groups is 2. The molecule has 7 nitrogen and oxygen atoms in total. The highest BCUT2D eigenvalue weighted by molar-refractivity contribution is 9.10. The SMILES string of the molecule is O=C(CCn1cncn1)NCC(=O)Nc1ccccc1Br. The molecule has 0 radical (unpaired) electrons. The third-order valence-corrected chi connectivity index (χ3v) is 3.32. The minimum absolute atomic E-state index is 0.0719. The lowest BCUT2D eigenvalue weighted by Gasteiger charge is -2.08. The molecule has 0 fully saturated rings. The molecule has 0 saturated carbocycles. The Bertz CT molecular complexity index is 615. The molecule has 2 aromatic rings. The minimum atomic E-state index is -0.281. The fourth-order valence-electron chi connectivity index (χ4n) is 1.59. The number of hydrogen-bond acceptors (Lipinski definition) is 4. The summed E-state index contributed by atoms with van der Waals surface area (Å²) in [7, 11) is 0. The van der Waals surface area contributed by atoms with Gasteiger partial charge in [0.1, 0.15) is 12.7 Å². The zero-order valence-electron chi connectivity index (χ0n) is 11.1. The smallest absolute Gasteiger partial charge is 0.243 e.